The van der Waals surface area contributed by atoms with Crippen LogP contribution in [0.3, 0.4) is 0 Å². The second kappa shape index (κ2) is 7.23. The molecule has 2 heteroatoms. The van der Waals surface area contributed by atoms with Crippen molar-refractivity contribution in [1.82, 2.24) is 0 Å². The van der Waals surface area contributed by atoms with Crippen molar-refractivity contribution in [3.8, 4) is 0 Å². The van der Waals surface area contributed by atoms with Crippen molar-refractivity contribution in [3.05, 3.63) is 35.9 Å². The fourth-order valence-electron chi connectivity index (χ4n) is 2.04. The van der Waals surface area contributed by atoms with Crippen molar-refractivity contribution < 1.29 is 4.79 Å². The van der Waals surface area contributed by atoms with Crippen molar-refractivity contribution in [2.45, 2.75) is 33.1 Å². The average Bonchev–Trinajstić information content (AvgIpc) is 2.34. The minimum absolute atomic E-state index is 0.0405. The zero-order chi connectivity index (χ0) is 12.7. The van der Waals surface area contributed by atoms with Gasteiger partial charge in [0.05, 0.1) is 0 Å². The minimum atomic E-state index is 0.0405. The molecule has 1 unspecified atom stereocenters. The molecule has 0 aliphatic heterocycles. The van der Waals surface area contributed by atoms with E-state index in [0.29, 0.717) is 24.7 Å². The number of ketones is 1. The van der Waals surface area contributed by atoms with Crippen LogP contribution in [0.1, 0.15) is 32.3 Å². The van der Waals surface area contributed by atoms with Crippen LogP contribution in [-0.2, 0) is 11.2 Å². The molecule has 0 fully saturated rings. The van der Waals surface area contributed by atoms with E-state index in [-0.39, 0.29) is 5.92 Å². The molecule has 1 aromatic rings. The van der Waals surface area contributed by atoms with Crippen LogP contribution < -0.4 is 5.73 Å². The van der Waals surface area contributed by atoms with Crippen LogP contribution >= 0.6 is 0 Å². The van der Waals surface area contributed by atoms with Crippen LogP contribution in [0, 0.1) is 11.8 Å². The second-order valence-electron chi connectivity index (χ2n) is 5.01. The van der Waals surface area contributed by atoms with Crippen LogP contribution in [-0.4, -0.2) is 12.3 Å². The largest absolute Gasteiger partial charge is 0.330 e. The molecule has 17 heavy (non-hydrogen) atoms. The Morgan fingerprint density at radius 2 is 1.88 bits per heavy atom. The number of carbonyl (C=O) groups is 1. The molecule has 1 aromatic carbocycles. The lowest BCUT2D eigenvalue weighted by molar-refractivity contribution is -0.123. The molecular formula is C15H23NO. The Labute approximate surface area is 104 Å². The van der Waals surface area contributed by atoms with Gasteiger partial charge in [0.15, 0.2) is 0 Å². The Kier molecular flexibility index (Phi) is 5.92. The van der Waals surface area contributed by atoms with E-state index in [1.807, 2.05) is 18.2 Å². The van der Waals surface area contributed by atoms with Gasteiger partial charge in [0.2, 0.25) is 0 Å². The molecule has 0 saturated heterocycles. The number of Topliss-reactive ketones (excluding diaryl/α,β-unsaturated/α-hetero) is 1. The van der Waals surface area contributed by atoms with Gasteiger partial charge in [-0.15, -0.1) is 0 Å². The summed E-state index contributed by atoms with van der Waals surface area (Å²) in [5.74, 6) is 0.882. The van der Waals surface area contributed by atoms with Crippen molar-refractivity contribution in [1.29, 1.82) is 0 Å². The van der Waals surface area contributed by atoms with Crippen LogP contribution in [0.5, 0.6) is 0 Å². The number of nitrogens with two attached hydrogens (primary N) is 1. The maximum Gasteiger partial charge on any atom is 0.137 e. The van der Waals surface area contributed by atoms with Gasteiger partial charge in [-0.1, -0.05) is 44.2 Å². The maximum atomic E-state index is 12.0. The maximum absolute atomic E-state index is 12.0. The van der Waals surface area contributed by atoms with Crippen LogP contribution in [0.2, 0.25) is 0 Å². The lowest BCUT2D eigenvalue weighted by atomic mass is 9.90. The molecule has 2 N–H and O–H groups in total. The third-order valence-electron chi connectivity index (χ3n) is 3.00. The SMILES string of the molecule is CC(C)CC(CN)C(=O)CCc1ccccc1. The fourth-order valence-corrected chi connectivity index (χ4v) is 2.04. The summed E-state index contributed by atoms with van der Waals surface area (Å²) in [6.07, 6.45) is 2.34. The van der Waals surface area contributed by atoms with Crippen molar-refractivity contribution in [3.63, 3.8) is 0 Å². The van der Waals surface area contributed by atoms with E-state index in [1.54, 1.807) is 0 Å². The molecule has 0 radical (unpaired) electrons. The third kappa shape index (κ3) is 5.14. The third-order valence-corrected chi connectivity index (χ3v) is 3.00. The highest BCUT2D eigenvalue weighted by Gasteiger charge is 2.17. The van der Waals surface area contributed by atoms with E-state index < -0.39 is 0 Å². The van der Waals surface area contributed by atoms with Gasteiger partial charge in [-0.2, -0.15) is 0 Å². The smallest absolute Gasteiger partial charge is 0.137 e. The first kappa shape index (κ1) is 13.9. The van der Waals surface area contributed by atoms with Crippen molar-refractivity contribution in [2.24, 2.45) is 17.6 Å². The van der Waals surface area contributed by atoms with Crippen molar-refractivity contribution >= 4 is 5.78 Å². The van der Waals surface area contributed by atoms with Gasteiger partial charge in [0.25, 0.3) is 0 Å². The first-order valence-corrected chi connectivity index (χ1v) is 6.40. The van der Waals surface area contributed by atoms with E-state index in [4.69, 9.17) is 5.73 Å². The number of rotatable bonds is 7. The highest BCUT2D eigenvalue weighted by molar-refractivity contribution is 5.81. The van der Waals surface area contributed by atoms with Gasteiger partial charge in [0, 0.05) is 18.9 Å². The summed E-state index contributed by atoms with van der Waals surface area (Å²) in [5.41, 5.74) is 6.89. The molecule has 0 heterocycles. The fraction of sp³-hybridized carbons (Fsp3) is 0.533. The molecule has 0 bridgehead atoms. The number of hydrogen-bond acceptors (Lipinski definition) is 2. The summed E-state index contributed by atoms with van der Waals surface area (Å²) in [6, 6.07) is 10.1. The van der Waals surface area contributed by atoms with Gasteiger partial charge in [-0.3, -0.25) is 4.79 Å². The summed E-state index contributed by atoms with van der Waals surface area (Å²) in [5, 5.41) is 0. The van der Waals surface area contributed by atoms with E-state index in [9.17, 15) is 4.79 Å². The van der Waals surface area contributed by atoms with Gasteiger partial charge in [-0.05, 0) is 24.3 Å². The average molecular weight is 233 g/mol. The molecule has 1 atom stereocenters. The van der Waals surface area contributed by atoms with Gasteiger partial charge < -0.3 is 5.73 Å². The zero-order valence-electron chi connectivity index (χ0n) is 10.9. The summed E-state index contributed by atoms with van der Waals surface area (Å²) in [6.45, 7) is 4.74. The Bertz CT molecular complexity index is 332. The first-order valence-electron chi connectivity index (χ1n) is 6.40. The Balaban J connectivity index is 2.42. The first-order chi connectivity index (χ1) is 8.13. The van der Waals surface area contributed by atoms with Crippen LogP contribution in [0.4, 0.5) is 0 Å². The molecule has 0 spiro atoms. The molecule has 94 valence electrons. The Morgan fingerprint density at radius 1 is 1.24 bits per heavy atom. The van der Waals surface area contributed by atoms with Gasteiger partial charge >= 0.3 is 0 Å². The second-order valence-corrected chi connectivity index (χ2v) is 5.01. The molecule has 0 amide bonds. The van der Waals surface area contributed by atoms with Gasteiger partial charge in [-0.25, -0.2) is 0 Å². The molecule has 1 rings (SSSR count). The minimum Gasteiger partial charge on any atom is -0.330 e. The Hall–Kier alpha value is -1.15. The van der Waals surface area contributed by atoms with Crippen LogP contribution in [0.25, 0.3) is 0 Å². The molecule has 2 nitrogen and oxygen atoms in total. The quantitative estimate of drug-likeness (QED) is 0.787. The summed E-state index contributed by atoms with van der Waals surface area (Å²) in [4.78, 5) is 12.0. The molecule has 0 aliphatic carbocycles. The van der Waals surface area contributed by atoms with E-state index in [1.165, 1.54) is 5.56 Å². The topological polar surface area (TPSA) is 43.1 Å². The number of hydrogen-bond donors (Lipinski definition) is 1. The van der Waals surface area contributed by atoms with E-state index >= 15 is 0 Å². The number of carbonyl (C=O) groups excluding carboxylic acids is 1. The predicted octanol–water partition coefficient (Wildman–Crippen LogP) is 2.81. The van der Waals surface area contributed by atoms with Crippen LogP contribution in [0.15, 0.2) is 30.3 Å². The lowest BCUT2D eigenvalue weighted by Gasteiger charge is -2.15. The lowest BCUT2D eigenvalue weighted by Crippen LogP contribution is -2.25. The predicted molar refractivity (Wildman–Crippen MR) is 71.8 cm³/mol. The van der Waals surface area contributed by atoms with Crippen molar-refractivity contribution in [2.75, 3.05) is 6.54 Å². The standard InChI is InChI=1S/C15H23NO/c1-12(2)10-14(11-16)15(17)9-8-13-6-4-3-5-7-13/h3-7,12,14H,8-11,16H2,1-2H3. The molecule has 0 aliphatic rings. The molecular weight excluding hydrogens is 210 g/mol. The summed E-state index contributed by atoms with van der Waals surface area (Å²) >= 11 is 0. The number of aryl methyl sites for hydroxylation is 1. The Morgan fingerprint density at radius 3 is 2.41 bits per heavy atom. The molecule has 0 aromatic heterocycles. The summed E-state index contributed by atoms with van der Waals surface area (Å²) in [7, 11) is 0. The van der Waals surface area contributed by atoms with Gasteiger partial charge in [0.1, 0.15) is 5.78 Å². The highest BCUT2D eigenvalue weighted by Crippen LogP contribution is 2.14. The van der Waals surface area contributed by atoms with E-state index in [2.05, 4.69) is 26.0 Å². The number of benzene rings is 1. The zero-order valence-corrected chi connectivity index (χ0v) is 10.9. The van der Waals surface area contributed by atoms with E-state index in [0.717, 1.165) is 12.8 Å². The molecule has 0 saturated carbocycles. The monoisotopic (exact) mass is 233 g/mol. The summed E-state index contributed by atoms with van der Waals surface area (Å²) < 4.78 is 0. The normalized spacial score (nSPS) is 12.7. The highest BCUT2D eigenvalue weighted by atomic mass is 16.1.